The molecular formula is C17H27N3O3S. The molecule has 3 rings (SSSR count). The largest absolute Gasteiger partial charge is 0.474 e. The van der Waals surface area contributed by atoms with E-state index in [0.29, 0.717) is 12.4 Å². The molecule has 1 aromatic heterocycles. The quantitative estimate of drug-likeness (QED) is 0.853. The van der Waals surface area contributed by atoms with E-state index in [1.54, 1.807) is 10.5 Å². The van der Waals surface area contributed by atoms with Gasteiger partial charge in [0, 0.05) is 30.9 Å². The third kappa shape index (κ3) is 4.26. The maximum atomic E-state index is 12.6. The lowest BCUT2D eigenvalue weighted by Gasteiger charge is -2.32. The van der Waals surface area contributed by atoms with Crippen LogP contribution in [0, 0.1) is 0 Å². The predicted octanol–water partition coefficient (Wildman–Crippen LogP) is 2.61. The van der Waals surface area contributed by atoms with Crippen molar-refractivity contribution >= 4 is 10.2 Å². The molecule has 0 bridgehead atoms. The first-order valence-corrected chi connectivity index (χ1v) is 10.4. The van der Waals surface area contributed by atoms with E-state index in [0.717, 1.165) is 37.7 Å². The van der Waals surface area contributed by atoms with Gasteiger partial charge in [-0.3, -0.25) is 0 Å². The highest BCUT2D eigenvalue weighted by atomic mass is 32.2. The third-order valence-corrected chi connectivity index (χ3v) is 6.60. The first kappa shape index (κ1) is 17.6. The topological polar surface area (TPSA) is 71.5 Å². The Morgan fingerprint density at radius 1 is 1.25 bits per heavy atom. The average Bonchev–Trinajstić information content (AvgIpc) is 3.07. The van der Waals surface area contributed by atoms with Gasteiger partial charge in [-0.15, -0.1) is 0 Å². The van der Waals surface area contributed by atoms with Gasteiger partial charge in [0.1, 0.15) is 6.10 Å². The molecule has 1 aromatic rings. The molecule has 2 aliphatic rings. The van der Waals surface area contributed by atoms with E-state index in [-0.39, 0.29) is 18.7 Å². The molecule has 1 saturated carbocycles. The molecule has 0 radical (unpaired) electrons. The van der Waals surface area contributed by atoms with Crippen LogP contribution in [0.25, 0.3) is 0 Å². The zero-order valence-electron chi connectivity index (χ0n) is 14.3. The number of hydrogen-bond donors (Lipinski definition) is 1. The van der Waals surface area contributed by atoms with Crippen LogP contribution in [0.2, 0.25) is 0 Å². The fourth-order valence-electron chi connectivity index (χ4n) is 3.51. The van der Waals surface area contributed by atoms with Crippen LogP contribution >= 0.6 is 0 Å². The van der Waals surface area contributed by atoms with Crippen molar-refractivity contribution in [2.24, 2.45) is 0 Å². The number of ether oxygens (including phenoxy) is 1. The fraction of sp³-hybridized carbons (Fsp3) is 0.706. The highest BCUT2D eigenvalue weighted by molar-refractivity contribution is 7.87. The predicted molar refractivity (Wildman–Crippen MR) is 92.9 cm³/mol. The fourth-order valence-corrected chi connectivity index (χ4v) is 4.96. The summed E-state index contributed by atoms with van der Waals surface area (Å²) in [7, 11) is -3.47. The summed E-state index contributed by atoms with van der Waals surface area (Å²) in [5.41, 5.74) is 0.789. The summed E-state index contributed by atoms with van der Waals surface area (Å²) < 4.78 is 35.4. The molecule has 1 aliphatic heterocycles. The van der Waals surface area contributed by atoms with Gasteiger partial charge in [0.2, 0.25) is 5.88 Å². The number of pyridine rings is 1. The van der Waals surface area contributed by atoms with Gasteiger partial charge >= 0.3 is 0 Å². The van der Waals surface area contributed by atoms with Crippen molar-refractivity contribution in [2.45, 2.75) is 70.6 Å². The minimum absolute atomic E-state index is 0.0550. The summed E-state index contributed by atoms with van der Waals surface area (Å²) in [6.45, 7) is 2.77. The Balaban J connectivity index is 1.65. The highest BCUT2D eigenvalue weighted by Gasteiger charge is 2.29. The van der Waals surface area contributed by atoms with Crippen LogP contribution in [0.1, 0.15) is 57.4 Å². The Hall–Kier alpha value is -1.18. The number of rotatable bonds is 6. The Labute approximate surface area is 144 Å². The summed E-state index contributed by atoms with van der Waals surface area (Å²) in [4.78, 5) is 4.30. The Morgan fingerprint density at radius 2 is 2.00 bits per heavy atom. The molecule has 1 saturated heterocycles. The smallest absolute Gasteiger partial charge is 0.279 e. The van der Waals surface area contributed by atoms with E-state index in [1.807, 2.05) is 19.1 Å². The lowest BCUT2D eigenvalue weighted by atomic mass is 10.1. The van der Waals surface area contributed by atoms with Gasteiger partial charge in [-0.05, 0) is 51.5 Å². The minimum atomic E-state index is -3.47. The van der Waals surface area contributed by atoms with Crippen molar-refractivity contribution in [3.05, 3.63) is 23.9 Å². The normalized spacial score (nSPS) is 23.5. The van der Waals surface area contributed by atoms with E-state index in [1.165, 1.54) is 12.8 Å². The first-order valence-electron chi connectivity index (χ1n) is 8.93. The summed E-state index contributed by atoms with van der Waals surface area (Å²) >= 11 is 0. The summed E-state index contributed by atoms with van der Waals surface area (Å²) in [6.07, 6.45) is 9.30. The first-order chi connectivity index (χ1) is 11.6. The number of hydrogen-bond acceptors (Lipinski definition) is 4. The van der Waals surface area contributed by atoms with Gasteiger partial charge < -0.3 is 4.74 Å². The summed E-state index contributed by atoms with van der Waals surface area (Å²) in [6, 6.07) is 3.74. The van der Waals surface area contributed by atoms with Crippen molar-refractivity contribution in [3.8, 4) is 5.88 Å². The maximum absolute atomic E-state index is 12.6. The number of nitrogens with one attached hydrogen (secondary N) is 1. The summed E-state index contributed by atoms with van der Waals surface area (Å²) in [5, 5.41) is 0. The van der Waals surface area contributed by atoms with Crippen LogP contribution in [0.4, 0.5) is 0 Å². The molecule has 0 amide bonds. The molecule has 0 spiro atoms. The Kier molecular flexibility index (Phi) is 5.73. The second kappa shape index (κ2) is 7.80. The number of piperidine rings is 1. The van der Waals surface area contributed by atoms with E-state index >= 15 is 0 Å². The van der Waals surface area contributed by atoms with Crippen LogP contribution in [0.3, 0.4) is 0 Å². The average molecular weight is 353 g/mol. The van der Waals surface area contributed by atoms with Crippen molar-refractivity contribution in [2.75, 3.05) is 6.54 Å². The molecule has 2 fully saturated rings. The maximum Gasteiger partial charge on any atom is 0.279 e. The minimum Gasteiger partial charge on any atom is -0.474 e. The van der Waals surface area contributed by atoms with Gasteiger partial charge in [-0.25, -0.2) is 4.98 Å². The van der Waals surface area contributed by atoms with Crippen LogP contribution in [-0.4, -0.2) is 36.4 Å². The SMILES string of the molecule is C[C@@H]1CCCCN1S(=O)(=O)NCc1cccnc1OC1CCCC1. The Bertz CT molecular complexity index is 644. The molecule has 24 heavy (non-hydrogen) atoms. The van der Waals surface area contributed by atoms with Gasteiger partial charge in [-0.1, -0.05) is 12.5 Å². The van der Waals surface area contributed by atoms with E-state index in [9.17, 15) is 8.42 Å². The van der Waals surface area contributed by atoms with Gasteiger partial charge in [-0.2, -0.15) is 17.4 Å². The van der Waals surface area contributed by atoms with E-state index < -0.39 is 10.2 Å². The molecular weight excluding hydrogens is 326 g/mol. The molecule has 134 valence electrons. The van der Waals surface area contributed by atoms with Crippen LogP contribution in [0.5, 0.6) is 5.88 Å². The van der Waals surface area contributed by atoms with Gasteiger partial charge in [0.05, 0.1) is 0 Å². The van der Waals surface area contributed by atoms with Crippen LogP contribution in [0.15, 0.2) is 18.3 Å². The molecule has 1 atom stereocenters. The van der Waals surface area contributed by atoms with Crippen molar-refractivity contribution < 1.29 is 13.2 Å². The molecule has 2 heterocycles. The molecule has 1 aliphatic carbocycles. The number of aromatic nitrogens is 1. The second-order valence-corrected chi connectivity index (χ2v) is 8.48. The number of nitrogens with zero attached hydrogens (tertiary/aromatic N) is 2. The van der Waals surface area contributed by atoms with Crippen molar-refractivity contribution in [1.82, 2.24) is 14.0 Å². The lowest BCUT2D eigenvalue weighted by molar-refractivity contribution is 0.199. The second-order valence-electron chi connectivity index (χ2n) is 6.77. The third-order valence-electron chi connectivity index (χ3n) is 4.93. The van der Waals surface area contributed by atoms with E-state index in [2.05, 4.69) is 9.71 Å². The molecule has 0 unspecified atom stereocenters. The highest BCUT2D eigenvalue weighted by Crippen LogP contribution is 2.25. The van der Waals surface area contributed by atoms with Gasteiger partial charge in [0.15, 0.2) is 0 Å². The van der Waals surface area contributed by atoms with E-state index in [4.69, 9.17) is 4.74 Å². The molecule has 0 aromatic carbocycles. The van der Waals surface area contributed by atoms with Crippen LogP contribution in [-0.2, 0) is 16.8 Å². The zero-order chi connectivity index (χ0) is 17.0. The molecule has 1 N–H and O–H groups in total. The monoisotopic (exact) mass is 353 g/mol. The molecule has 7 heteroatoms. The standard InChI is InChI=1S/C17H27N3O3S/c1-14-7-4-5-12-20(14)24(21,22)19-13-15-8-6-11-18-17(15)23-16-9-2-3-10-16/h6,8,11,14,16,19H,2-5,7,9-10,12-13H2,1H3/t14-/m1/s1. The van der Waals surface area contributed by atoms with Crippen molar-refractivity contribution in [3.63, 3.8) is 0 Å². The lowest BCUT2D eigenvalue weighted by Crippen LogP contribution is -2.47. The Morgan fingerprint density at radius 3 is 2.75 bits per heavy atom. The van der Waals surface area contributed by atoms with Crippen LogP contribution < -0.4 is 9.46 Å². The zero-order valence-corrected chi connectivity index (χ0v) is 15.1. The van der Waals surface area contributed by atoms with Gasteiger partial charge in [0.25, 0.3) is 10.2 Å². The van der Waals surface area contributed by atoms with Crippen molar-refractivity contribution in [1.29, 1.82) is 0 Å². The molecule has 6 nitrogen and oxygen atoms in total. The summed E-state index contributed by atoms with van der Waals surface area (Å²) in [5.74, 6) is 0.554.